The summed E-state index contributed by atoms with van der Waals surface area (Å²) in [5.74, 6) is 1.94. The molecule has 64 heavy (non-hydrogen) atoms. The number of hydrogen-bond donors (Lipinski definition) is 0. The number of hydrogen-bond acceptors (Lipinski definition) is 3. The zero-order chi connectivity index (χ0) is 43.8. The Morgan fingerprint density at radius 1 is 0.688 bits per heavy atom. The molecule has 3 nitrogen and oxygen atoms in total. The summed E-state index contributed by atoms with van der Waals surface area (Å²) in [4.78, 5) is 2.59. The number of ether oxygens (including phenoxy) is 1. The number of benzene rings is 7. The standard InChI is InChI=1S/C59H53BN2OS/c1-33-26-49-54-51(27-33)63-50-32-48-42(53-39-18-13-14-34(39)21-24-47(53)62(48)58(5,6)7)31-46(50)60(54)56-55(43-30-37(57(2,3)4)22-25-52(43)64-56)61(49)38-16-12-15-35(28-38)36-20-23-41-40-17-10-11-19-44(40)59(8,9)45(41)29-36/h10-12,15-17,19-32H,13-14,18H2,1-9H3. The van der Waals surface area contributed by atoms with Gasteiger partial charge in [-0.15, -0.1) is 11.3 Å². The summed E-state index contributed by atoms with van der Waals surface area (Å²) in [5, 5.41) is 4.12. The van der Waals surface area contributed by atoms with Crippen LogP contribution >= 0.6 is 11.3 Å². The lowest BCUT2D eigenvalue weighted by atomic mass is 9.37. The van der Waals surface area contributed by atoms with E-state index < -0.39 is 0 Å². The highest BCUT2D eigenvalue weighted by Gasteiger charge is 2.45. The van der Waals surface area contributed by atoms with E-state index in [4.69, 9.17) is 4.74 Å². The van der Waals surface area contributed by atoms with Crippen molar-refractivity contribution in [3.8, 4) is 33.8 Å². The van der Waals surface area contributed by atoms with Crippen LogP contribution in [-0.2, 0) is 29.2 Å². The maximum Gasteiger partial charge on any atom is 0.268 e. The monoisotopic (exact) mass is 848 g/mol. The van der Waals surface area contributed by atoms with E-state index in [2.05, 4.69) is 193 Å². The average molecular weight is 849 g/mol. The number of thiophene rings is 1. The fraction of sp³-hybridized carbons (Fsp3) is 0.254. The van der Waals surface area contributed by atoms with Crippen LogP contribution in [0.4, 0.5) is 17.1 Å². The molecule has 2 aromatic heterocycles. The molecule has 4 heterocycles. The zero-order valence-corrected chi connectivity index (χ0v) is 39.3. The van der Waals surface area contributed by atoms with E-state index in [1.165, 1.54) is 121 Å². The first-order valence-electron chi connectivity index (χ1n) is 23.3. The van der Waals surface area contributed by atoms with Crippen LogP contribution in [0.3, 0.4) is 0 Å². The third-order valence-corrected chi connectivity index (χ3v) is 16.4. The highest BCUT2D eigenvalue weighted by molar-refractivity contribution is 7.33. The summed E-state index contributed by atoms with van der Waals surface area (Å²) in [6, 6.07) is 47.0. The van der Waals surface area contributed by atoms with Crippen molar-refractivity contribution in [2.24, 2.45) is 0 Å². The SMILES string of the molecule is Cc1cc2c3c(c1)N(c1cccc(-c4ccc5c(c4)C(C)(C)c4ccccc4-5)c1)c1c(sc4ccc(C(C)(C)C)cc14)B3c1cc3c4c5c(ccc4n(C(C)(C)C)c3cc1O2)CCC5. The van der Waals surface area contributed by atoms with Crippen molar-refractivity contribution in [3.63, 3.8) is 0 Å². The molecule has 0 radical (unpaired) electrons. The molecule has 0 fully saturated rings. The molecule has 13 rings (SSSR count). The van der Waals surface area contributed by atoms with Crippen LogP contribution in [-0.4, -0.2) is 11.3 Å². The lowest BCUT2D eigenvalue weighted by molar-refractivity contribution is 0.422. The molecule has 0 saturated carbocycles. The van der Waals surface area contributed by atoms with Gasteiger partial charge in [0.1, 0.15) is 11.5 Å². The first-order chi connectivity index (χ1) is 30.6. The molecule has 0 amide bonds. The van der Waals surface area contributed by atoms with Crippen molar-refractivity contribution < 1.29 is 4.74 Å². The van der Waals surface area contributed by atoms with E-state index in [1.54, 1.807) is 5.56 Å². The van der Waals surface area contributed by atoms with Gasteiger partial charge in [0.15, 0.2) is 0 Å². The van der Waals surface area contributed by atoms with Crippen molar-refractivity contribution in [2.45, 2.75) is 97.9 Å². The maximum absolute atomic E-state index is 7.25. The van der Waals surface area contributed by atoms with Gasteiger partial charge in [-0.25, -0.2) is 0 Å². The van der Waals surface area contributed by atoms with Crippen LogP contribution in [0.25, 0.3) is 54.1 Å². The van der Waals surface area contributed by atoms with E-state index in [-0.39, 0.29) is 23.1 Å². The number of fused-ring (bicyclic) bond motifs is 14. The van der Waals surface area contributed by atoms with Gasteiger partial charge >= 0.3 is 0 Å². The van der Waals surface area contributed by atoms with Crippen molar-refractivity contribution in [1.29, 1.82) is 0 Å². The smallest absolute Gasteiger partial charge is 0.268 e. The molecule has 0 N–H and O–H groups in total. The summed E-state index contributed by atoms with van der Waals surface area (Å²) < 4.78 is 12.5. The third kappa shape index (κ3) is 5.22. The number of aromatic nitrogens is 1. The van der Waals surface area contributed by atoms with Gasteiger partial charge in [0.2, 0.25) is 0 Å². The van der Waals surface area contributed by atoms with Crippen molar-refractivity contribution in [3.05, 3.63) is 155 Å². The summed E-state index contributed by atoms with van der Waals surface area (Å²) in [6.45, 7) is 21.0. The van der Waals surface area contributed by atoms with Crippen LogP contribution in [0.2, 0.25) is 0 Å². The first kappa shape index (κ1) is 38.4. The third-order valence-electron chi connectivity index (χ3n) is 15.2. The number of anilines is 3. The van der Waals surface area contributed by atoms with E-state index in [1.807, 2.05) is 11.3 Å². The Labute approximate surface area is 381 Å². The van der Waals surface area contributed by atoms with Crippen LogP contribution in [0.15, 0.2) is 121 Å². The van der Waals surface area contributed by atoms with Gasteiger partial charge in [0.05, 0.1) is 11.2 Å². The average Bonchev–Trinajstić information content (AvgIpc) is 4.02. The summed E-state index contributed by atoms with van der Waals surface area (Å²) in [6.07, 6.45) is 3.53. The summed E-state index contributed by atoms with van der Waals surface area (Å²) >= 11 is 1.97. The van der Waals surface area contributed by atoms with Crippen LogP contribution in [0.1, 0.15) is 95.2 Å². The fourth-order valence-corrected chi connectivity index (χ4v) is 13.5. The number of rotatable bonds is 2. The first-order valence-corrected chi connectivity index (χ1v) is 24.1. The predicted octanol–water partition coefficient (Wildman–Crippen LogP) is 14.2. The predicted molar refractivity (Wildman–Crippen MR) is 274 cm³/mol. The van der Waals surface area contributed by atoms with Gasteiger partial charge in [-0.05, 0) is 167 Å². The van der Waals surface area contributed by atoms with Crippen molar-refractivity contribution in [1.82, 2.24) is 4.57 Å². The van der Waals surface area contributed by atoms with Gasteiger partial charge in [0, 0.05) is 59.5 Å². The molecule has 314 valence electrons. The molecule has 0 unspecified atom stereocenters. The molecule has 0 atom stereocenters. The molecular weight excluding hydrogens is 796 g/mol. The highest BCUT2D eigenvalue weighted by Crippen LogP contribution is 2.52. The highest BCUT2D eigenvalue weighted by atomic mass is 32.1. The molecule has 5 heteroatoms. The molecule has 0 spiro atoms. The Balaban J connectivity index is 1.06. The molecule has 2 aliphatic heterocycles. The largest absolute Gasteiger partial charge is 0.458 e. The van der Waals surface area contributed by atoms with Gasteiger partial charge in [0.25, 0.3) is 6.71 Å². The van der Waals surface area contributed by atoms with E-state index in [0.29, 0.717) is 0 Å². The second kappa shape index (κ2) is 12.8. The topological polar surface area (TPSA) is 17.4 Å². The summed E-state index contributed by atoms with van der Waals surface area (Å²) in [7, 11) is 0. The minimum absolute atomic E-state index is 0.00348. The van der Waals surface area contributed by atoms with Crippen molar-refractivity contribution >= 4 is 82.7 Å². The number of nitrogens with zero attached hydrogens (tertiary/aromatic N) is 2. The Kier molecular flexibility index (Phi) is 7.70. The number of aryl methyl sites for hydroxylation is 3. The van der Waals surface area contributed by atoms with Gasteiger partial charge in [-0.3, -0.25) is 0 Å². The second-order valence-electron chi connectivity index (χ2n) is 21.7. The van der Waals surface area contributed by atoms with Crippen molar-refractivity contribution in [2.75, 3.05) is 4.90 Å². The van der Waals surface area contributed by atoms with E-state index in [0.717, 1.165) is 24.3 Å². The van der Waals surface area contributed by atoms with E-state index in [9.17, 15) is 0 Å². The maximum atomic E-state index is 7.25. The molecule has 4 aliphatic rings. The Morgan fingerprint density at radius 3 is 2.33 bits per heavy atom. The van der Waals surface area contributed by atoms with Crippen LogP contribution in [0, 0.1) is 6.92 Å². The minimum atomic E-state index is -0.109. The normalized spacial score (nSPS) is 15.6. The van der Waals surface area contributed by atoms with Crippen LogP contribution < -0.4 is 25.3 Å². The zero-order valence-electron chi connectivity index (χ0n) is 38.5. The molecular formula is C59H53BN2OS. The minimum Gasteiger partial charge on any atom is -0.458 e. The lowest BCUT2D eigenvalue weighted by Gasteiger charge is -2.39. The van der Waals surface area contributed by atoms with Gasteiger partial charge < -0.3 is 14.2 Å². The van der Waals surface area contributed by atoms with E-state index >= 15 is 0 Å². The Bertz CT molecular complexity index is 3530. The molecule has 0 bridgehead atoms. The quantitative estimate of drug-likeness (QED) is 0.161. The Hall–Kier alpha value is -6.04. The fourth-order valence-electron chi connectivity index (χ4n) is 12.2. The molecule has 2 aliphatic carbocycles. The van der Waals surface area contributed by atoms with Crippen LogP contribution in [0.5, 0.6) is 11.5 Å². The lowest BCUT2D eigenvalue weighted by Crippen LogP contribution is -2.58. The molecule has 7 aromatic carbocycles. The molecule has 9 aromatic rings. The van der Waals surface area contributed by atoms with Gasteiger partial charge in [-0.1, -0.05) is 101 Å². The Morgan fingerprint density at radius 2 is 1.50 bits per heavy atom. The van der Waals surface area contributed by atoms with Gasteiger partial charge in [-0.2, -0.15) is 0 Å². The second-order valence-corrected chi connectivity index (χ2v) is 22.8. The molecule has 0 saturated heterocycles. The summed E-state index contributed by atoms with van der Waals surface area (Å²) in [5.41, 5.74) is 22.2.